The van der Waals surface area contributed by atoms with Crippen LogP contribution in [-0.4, -0.2) is 6.10 Å². The minimum Gasteiger partial charge on any atom is -0.485 e. The van der Waals surface area contributed by atoms with Gasteiger partial charge in [-0.25, -0.2) is 0 Å². The molecular formula is C59H43NO. The lowest BCUT2D eigenvalue weighted by Crippen LogP contribution is -2.30. The number of allylic oxidation sites excluding steroid dienone is 5. The van der Waals surface area contributed by atoms with Gasteiger partial charge in [0.25, 0.3) is 0 Å². The first-order chi connectivity index (χ1) is 30.3. The van der Waals surface area contributed by atoms with Gasteiger partial charge in [-0.2, -0.15) is 0 Å². The topological polar surface area (TPSA) is 12.5 Å². The van der Waals surface area contributed by atoms with Crippen LogP contribution in [0.25, 0.3) is 38.6 Å². The summed E-state index contributed by atoms with van der Waals surface area (Å²) in [4.78, 5) is 2.53. The summed E-state index contributed by atoms with van der Waals surface area (Å²) in [6.07, 6.45) is 13.5. The highest BCUT2D eigenvalue weighted by atomic mass is 16.5. The maximum Gasteiger partial charge on any atom is 0.128 e. The van der Waals surface area contributed by atoms with E-state index in [9.17, 15) is 0 Å². The summed E-state index contributed by atoms with van der Waals surface area (Å²) in [6.45, 7) is 0. The Bertz CT molecular complexity index is 3080. The van der Waals surface area contributed by atoms with E-state index >= 15 is 0 Å². The van der Waals surface area contributed by atoms with Crippen LogP contribution in [0.1, 0.15) is 52.1 Å². The molecule has 0 saturated heterocycles. The van der Waals surface area contributed by atoms with Gasteiger partial charge in [0.15, 0.2) is 0 Å². The van der Waals surface area contributed by atoms with Crippen molar-refractivity contribution in [3.05, 3.63) is 269 Å². The highest BCUT2D eigenvalue weighted by Crippen LogP contribution is 2.57. The standard InChI is InChI=1S/C59H43NO/c1-4-17-42(18-5-1)58-48-23-11-10-16-40(48)30-35-49(58)41-28-31-45(32-29-41)60(46-34-37-57-53(38-46)52-25-13-15-27-56(52)61-57)47-33-36-51-50-24-12-14-26-54(50)59(55(51)39-47,43-19-6-2-7-20-43)44-21-8-3-9-22-44/h1-28,30-31,33-39,53,57H,29,32H2. The molecule has 1 heterocycles. The second-order valence-electron chi connectivity index (χ2n) is 16.6. The van der Waals surface area contributed by atoms with E-state index in [2.05, 4.69) is 229 Å². The molecule has 0 radical (unpaired) electrons. The smallest absolute Gasteiger partial charge is 0.128 e. The second kappa shape index (κ2) is 14.4. The Morgan fingerprint density at radius 2 is 1.21 bits per heavy atom. The third-order valence-corrected chi connectivity index (χ3v) is 13.4. The van der Waals surface area contributed by atoms with E-state index in [0.29, 0.717) is 0 Å². The van der Waals surface area contributed by atoms with Crippen LogP contribution in [0.4, 0.5) is 5.69 Å². The lowest BCUT2D eigenvalue weighted by molar-refractivity contribution is 0.268. The van der Waals surface area contributed by atoms with Gasteiger partial charge in [-0.1, -0.05) is 182 Å². The molecule has 0 N–H and O–H groups in total. The fourth-order valence-electron chi connectivity index (χ4n) is 10.7. The molecule has 0 bridgehead atoms. The summed E-state index contributed by atoms with van der Waals surface area (Å²) < 4.78 is 6.48. The van der Waals surface area contributed by atoms with Crippen LogP contribution in [0, 0.1) is 0 Å². The molecule has 1 aliphatic heterocycles. The first-order valence-corrected chi connectivity index (χ1v) is 21.5. The van der Waals surface area contributed by atoms with Crippen molar-refractivity contribution < 1.29 is 4.74 Å². The summed E-state index contributed by atoms with van der Waals surface area (Å²) in [5, 5.41) is 2.55. The van der Waals surface area contributed by atoms with Crippen LogP contribution >= 0.6 is 0 Å². The molecule has 2 unspecified atom stereocenters. The zero-order chi connectivity index (χ0) is 40.3. The largest absolute Gasteiger partial charge is 0.485 e. The number of anilines is 1. The molecule has 3 aliphatic carbocycles. The normalized spacial score (nSPS) is 17.9. The molecule has 0 saturated carbocycles. The SMILES string of the molecule is C1=CC2Oc3ccccc3C2C=C1N(C1=CC=C(c2ccc3ccccc3c2-c2ccccc2)CC1)c1ccc2c(c1)C(c1ccccc1)(c1ccccc1)c1ccccc1-2. The fourth-order valence-corrected chi connectivity index (χ4v) is 10.7. The molecular weight excluding hydrogens is 739 g/mol. The molecule has 0 amide bonds. The maximum absolute atomic E-state index is 6.48. The Kier molecular flexibility index (Phi) is 8.38. The molecule has 2 atom stereocenters. The lowest BCUT2D eigenvalue weighted by atomic mass is 9.67. The number of rotatable bonds is 7. The van der Waals surface area contributed by atoms with Crippen LogP contribution in [0.5, 0.6) is 5.75 Å². The van der Waals surface area contributed by atoms with E-state index in [4.69, 9.17) is 4.74 Å². The Morgan fingerprint density at radius 1 is 0.541 bits per heavy atom. The van der Waals surface area contributed by atoms with Crippen LogP contribution in [0.3, 0.4) is 0 Å². The number of para-hydroxylation sites is 1. The van der Waals surface area contributed by atoms with Crippen molar-refractivity contribution in [3.63, 3.8) is 0 Å². The van der Waals surface area contributed by atoms with Gasteiger partial charge in [-0.15, -0.1) is 0 Å². The molecule has 2 heteroatoms. The quantitative estimate of drug-likeness (QED) is 0.160. The number of nitrogens with zero attached hydrogens (tertiary/aromatic N) is 1. The summed E-state index contributed by atoms with van der Waals surface area (Å²) in [7, 11) is 0. The summed E-state index contributed by atoms with van der Waals surface area (Å²) in [5.41, 5.74) is 17.3. The van der Waals surface area contributed by atoms with Crippen molar-refractivity contribution in [2.24, 2.45) is 0 Å². The monoisotopic (exact) mass is 781 g/mol. The van der Waals surface area contributed by atoms with E-state index in [0.717, 1.165) is 24.3 Å². The second-order valence-corrected chi connectivity index (χ2v) is 16.6. The molecule has 8 aromatic carbocycles. The van der Waals surface area contributed by atoms with Crippen molar-refractivity contribution in [1.29, 1.82) is 0 Å². The van der Waals surface area contributed by atoms with Crippen LogP contribution in [-0.2, 0) is 5.41 Å². The Balaban J connectivity index is 1.05. The molecule has 2 nitrogen and oxygen atoms in total. The Hall–Kier alpha value is -7.42. The third kappa shape index (κ3) is 5.63. The van der Waals surface area contributed by atoms with E-state index in [1.54, 1.807) is 0 Å². The molecule has 61 heavy (non-hydrogen) atoms. The van der Waals surface area contributed by atoms with Crippen LogP contribution in [0.15, 0.2) is 236 Å². The van der Waals surface area contributed by atoms with Crippen molar-refractivity contribution >= 4 is 22.0 Å². The van der Waals surface area contributed by atoms with Gasteiger partial charge in [0, 0.05) is 28.6 Å². The van der Waals surface area contributed by atoms with Gasteiger partial charge in [-0.3, -0.25) is 0 Å². The molecule has 12 rings (SSSR count). The van der Waals surface area contributed by atoms with Crippen molar-refractivity contribution in [2.45, 2.75) is 30.3 Å². The highest BCUT2D eigenvalue weighted by molar-refractivity contribution is 6.02. The van der Waals surface area contributed by atoms with Crippen LogP contribution < -0.4 is 9.64 Å². The molecule has 290 valence electrons. The molecule has 0 spiro atoms. The Labute approximate surface area is 357 Å². The lowest BCUT2D eigenvalue weighted by Gasteiger charge is -2.36. The van der Waals surface area contributed by atoms with Gasteiger partial charge >= 0.3 is 0 Å². The summed E-state index contributed by atoms with van der Waals surface area (Å²) in [5.74, 6) is 1.11. The fraction of sp³-hybridized carbons (Fsp3) is 0.0847. The maximum atomic E-state index is 6.48. The van der Waals surface area contributed by atoms with Gasteiger partial charge in [0.1, 0.15) is 11.9 Å². The Morgan fingerprint density at radius 3 is 2.00 bits per heavy atom. The van der Waals surface area contributed by atoms with Gasteiger partial charge in [0.05, 0.1) is 5.41 Å². The van der Waals surface area contributed by atoms with E-state index in [-0.39, 0.29) is 12.0 Å². The number of hydrogen-bond donors (Lipinski definition) is 0. The van der Waals surface area contributed by atoms with Gasteiger partial charge in [0.2, 0.25) is 0 Å². The number of fused-ring (bicyclic) bond motifs is 7. The van der Waals surface area contributed by atoms with Gasteiger partial charge in [-0.05, 0) is 122 Å². The summed E-state index contributed by atoms with van der Waals surface area (Å²) in [6, 6.07) is 71.2. The average Bonchev–Trinajstić information content (AvgIpc) is 3.86. The predicted octanol–water partition coefficient (Wildman–Crippen LogP) is 14.4. The molecule has 0 fully saturated rings. The minimum absolute atomic E-state index is 0.0162. The van der Waals surface area contributed by atoms with E-state index < -0.39 is 5.41 Å². The zero-order valence-corrected chi connectivity index (χ0v) is 33.8. The minimum atomic E-state index is -0.492. The number of ether oxygens (including phenoxy) is 1. The molecule has 8 aromatic rings. The van der Waals surface area contributed by atoms with E-state index in [1.165, 1.54) is 83.4 Å². The highest BCUT2D eigenvalue weighted by Gasteiger charge is 2.46. The first-order valence-electron chi connectivity index (χ1n) is 21.5. The third-order valence-electron chi connectivity index (χ3n) is 13.4. The molecule has 0 aromatic heterocycles. The van der Waals surface area contributed by atoms with E-state index in [1.807, 2.05) is 0 Å². The van der Waals surface area contributed by atoms with Crippen molar-refractivity contribution in [3.8, 4) is 28.0 Å². The number of benzene rings is 8. The zero-order valence-electron chi connectivity index (χ0n) is 33.8. The van der Waals surface area contributed by atoms with Crippen molar-refractivity contribution in [2.75, 3.05) is 4.90 Å². The molecule has 4 aliphatic rings. The summed E-state index contributed by atoms with van der Waals surface area (Å²) >= 11 is 0. The average molecular weight is 782 g/mol. The van der Waals surface area contributed by atoms with Gasteiger partial charge < -0.3 is 9.64 Å². The first kappa shape index (κ1) is 35.5. The number of hydrogen-bond acceptors (Lipinski definition) is 2. The van der Waals surface area contributed by atoms with Crippen LogP contribution in [0.2, 0.25) is 0 Å². The predicted molar refractivity (Wildman–Crippen MR) is 252 cm³/mol. The van der Waals surface area contributed by atoms with Crippen molar-refractivity contribution in [1.82, 2.24) is 0 Å².